The number of anilines is 1. The van der Waals surface area contributed by atoms with Crippen molar-refractivity contribution in [1.82, 2.24) is 9.97 Å². The molecule has 2 aromatic heterocycles. The van der Waals surface area contributed by atoms with E-state index in [1.165, 1.54) is 38.0 Å². The van der Waals surface area contributed by atoms with Crippen molar-refractivity contribution in [3.8, 4) is 0 Å². The Morgan fingerprint density at radius 3 is 1.53 bits per heavy atom. The summed E-state index contributed by atoms with van der Waals surface area (Å²) in [5, 5.41) is 7.82. The van der Waals surface area contributed by atoms with E-state index >= 15 is 0 Å². The van der Waals surface area contributed by atoms with Gasteiger partial charge in [-0.05, 0) is 68.7 Å². The van der Waals surface area contributed by atoms with E-state index in [1.807, 2.05) is 36.7 Å². The molecule has 6 aromatic rings. The minimum Gasteiger partial charge on any atom is -0.360 e. The van der Waals surface area contributed by atoms with E-state index in [4.69, 9.17) is 0 Å². The van der Waals surface area contributed by atoms with Crippen LogP contribution in [0.5, 0.6) is 0 Å². The number of rotatable bonds is 5. The van der Waals surface area contributed by atoms with Crippen molar-refractivity contribution in [1.29, 1.82) is 0 Å². The maximum atomic E-state index is 4.56. The zero-order valence-corrected chi connectivity index (χ0v) is 20.4. The number of hydrogen-bond acceptors (Lipinski definition) is 3. The zero-order chi connectivity index (χ0) is 22.6. The van der Waals surface area contributed by atoms with Crippen LogP contribution >= 0.6 is 10.1 Å². The van der Waals surface area contributed by atoms with Crippen LogP contribution in [0.25, 0.3) is 32.3 Å². The van der Waals surface area contributed by atoms with Gasteiger partial charge in [-0.1, -0.05) is 54.6 Å². The first-order chi connectivity index (χ1) is 16.3. The van der Waals surface area contributed by atoms with E-state index in [1.54, 1.807) is 0 Å². The standard InChI is InChI=1S/C28H21N3.CH3.ClH.Cu/c1-3-14-29-24(8-1)18-31(19-25-9-2-4-15-30-25)26-16-22-12-10-20-6-5-7-21-11-13-23(17-26)28(22)27(20)21;;;/h1-17H,18-19H2;1H3;1H;/q;-1;;+1/p-1. The molecule has 0 fully saturated rings. The van der Waals surface area contributed by atoms with Crippen molar-refractivity contribution < 1.29 is 15.1 Å². The van der Waals surface area contributed by atoms with Gasteiger partial charge in [-0.2, -0.15) is 0 Å². The summed E-state index contributed by atoms with van der Waals surface area (Å²) in [6, 6.07) is 32.3. The molecule has 0 radical (unpaired) electrons. The SMILES string of the molecule is [CH3-].[Cl][Cu].c1ccc(CN(Cc2ccccn2)c2cc3ccc4cccc5ccc(c2)c3c45)nc1. The Labute approximate surface area is 212 Å². The predicted molar refractivity (Wildman–Crippen MR) is 141 cm³/mol. The van der Waals surface area contributed by atoms with Crippen LogP contribution in [0.1, 0.15) is 11.4 Å². The van der Waals surface area contributed by atoms with E-state index in [0.717, 1.165) is 24.5 Å². The Bertz CT molecular complexity index is 1380. The van der Waals surface area contributed by atoms with Crippen molar-refractivity contribution in [3.63, 3.8) is 0 Å². The monoisotopic (exact) mass is 512 g/mol. The number of aromatic nitrogens is 2. The Morgan fingerprint density at radius 1 is 0.588 bits per heavy atom. The maximum absolute atomic E-state index is 4.56. The third-order valence-electron chi connectivity index (χ3n) is 5.97. The van der Waals surface area contributed by atoms with E-state index in [-0.39, 0.29) is 7.43 Å². The van der Waals surface area contributed by atoms with Crippen LogP contribution in [0.3, 0.4) is 0 Å². The van der Waals surface area contributed by atoms with Crippen molar-refractivity contribution in [3.05, 3.63) is 122 Å². The van der Waals surface area contributed by atoms with Crippen LogP contribution in [0, 0.1) is 7.43 Å². The zero-order valence-electron chi connectivity index (χ0n) is 18.8. The quantitative estimate of drug-likeness (QED) is 0.134. The van der Waals surface area contributed by atoms with Crippen molar-refractivity contribution in [2.45, 2.75) is 13.1 Å². The largest absolute Gasteiger partial charge is 0.360 e. The summed E-state index contributed by atoms with van der Waals surface area (Å²) in [6.45, 7) is 1.45. The molecule has 0 atom stereocenters. The Balaban J connectivity index is 0.000000890. The van der Waals surface area contributed by atoms with Crippen LogP contribution in [0.4, 0.5) is 5.69 Å². The molecule has 0 amide bonds. The molecule has 0 spiro atoms. The third-order valence-corrected chi connectivity index (χ3v) is 5.97. The third kappa shape index (κ3) is 4.71. The van der Waals surface area contributed by atoms with Crippen LogP contribution in [-0.4, -0.2) is 9.97 Å². The molecular weight excluding hydrogens is 489 g/mol. The Hall–Kier alpha value is -3.17. The van der Waals surface area contributed by atoms with Crippen molar-refractivity contribution in [2.24, 2.45) is 0 Å². The van der Waals surface area contributed by atoms with Crippen LogP contribution < -0.4 is 4.90 Å². The summed E-state index contributed by atoms with van der Waals surface area (Å²) < 4.78 is 0. The first kappa shape index (κ1) is 24.0. The number of nitrogens with zero attached hydrogens (tertiary/aromatic N) is 3. The number of hydrogen-bond donors (Lipinski definition) is 0. The van der Waals surface area contributed by atoms with Gasteiger partial charge in [0.15, 0.2) is 0 Å². The van der Waals surface area contributed by atoms with Gasteiger partial charge in [-0.25, -0.2) is 0 Å². The molecule has 0 aliphatic carbocycles. The molecular formula is C29H24ClCuN3-. The molecule has 0 aliphatic rings. The van der Waals surface area contributed by atoms with Crippen LogP contribution in [0.15, 0.2) is 103 Å². The molecule has 5 heteroatoms. The summed E-state index contributed by atoms with van der Waals surface area (Å²) in [5.74, 6) is 0. The molecule has 0 aliphatic heterocycles. The maximum Gasteiger partial charge on any atom is 0.0606 e. The number of pyridine rings is 2. The van der Waals surface area contributed by atoms with Gasteiger partial charge >= 0.3 is 25.2 Å². The Kier molecular flexibility index (Phi) is 7.64. The van der Waals surface area contributed by atoms with E-state index in [0.29, 0.717) is 0 Å². The molecule has 0 saturated carbocycles. The molecule has 34 heavy (non-hydrogen) atoms. The van der Waals surface area contributed by atoms with Crippen molar-refractivity contribution in [2.75, 3.05) is 4.90 Å². The van der Waals surface area contributed by atoms with Gasteiger partial charge in [0.05, 0.1) is 24.5 Å². The molecule has 0 unspecified atom stereocenters. The first-order valence-electron chi connectivity index (χ1n) is 10.7. The summed E-state index contributed by atoms with van der Waals surface area (Å²) >= 11 is 3.66. The summed E-state index contributed by atoms with van der Waals surface area (Å²) in [5.41, 5.74) is 3.27. The second kappa shape index (κ2) is 10.8. The molecule has 174 valence electrons. The fraction of sp³-hybridized carbons (Fsp3) is 0.0690. The van der Waals surface area contributed by atoms with Gasteiger partial charge in [-0.15, -0.1) is 0 Å². The number of halogens is 1. The minimum absolute atomic E-state index is 0. The van der Waals surface area contributed by atoms with E-state index in [9.17, 15) is 0 Å². The van der Waals surface area contributed by atoms with Crippen LogP contribution in [0.2, 0.25) is 0 Å². The molecule has 0 saturated heterocycles. The molecule has 0 N–H and O–H groups in total. The second-order valence-corrected chi connectivity index (χ2v) is 7.98. The van der Waals surface area contributed by atoms with Gasteiger partial charge in [0.2, 0.25) is 0 Å². The summed E-state index contributed by atoms with van der Waals surface area (Å²) in [4.78, 5) is 11.5. The smallest absolute Gasteiger partial charge is 0.0606 e. The summed E-state index contributed by atoms with van der Waals surface area (Å²) in [7, 11) is 4.20. The first-order valence-corrected chi connectivity index (χ1v) is 12.0. The van der Waals surface area contributed by atoms with E-state index in [2.05, 4.69) is 107 Å². The van der Waals surface area contributed by atoms with Gasteiger partial charge < -0.3 is 12.3 Å². The topological polar surface area (TPSA) is 29.0 Å². The minimum atomic E-state index is 0. The van der Waals surface area contributed by atoms with E-state index < -0.39 is 0 Å². The molecule has 0 bridgehead atoms. The molecule has 4 aromatic carbocycles. The normalized spacial score (nSPS) is 10.7. The molecule has 3 nitrogen and oxygen atoms in total. The average molecular weight is 514 g/mol. The van der Waals surface area contributed by atoms with Gasteiger partial charge in [-0.3, -0.25) is 9.97 Å². The van der Waals surface area contributed by atoms with Gasteiger partial charge in [0.1, 0.15) is 0 Å². The second-order valence-electron chi connectivity index (χ2n) is 7.98. The fourth-order valence-corrected chi connectivity index (χ4v) is 4.53. The predicted octanol–water partition coefficient (Wildman–Crippen LogP) is 7.72. The van der Waals surface area contributed by atoms with Crippen molar-refractivity contribution >= 4 is 48.1 Å². The van der Waals surface area contributed by atoms with Crippen LogP contribution in [-0.2, 0) is 28.2 Å². The molecule has 2 heterocycles. The number of benzene rings is 4. The molecule has 6 rings (SSSR count). The van der Waals surface area contributed by atoms with Gasteiger partial charge in [0.25, 0.3) is 0 Å². The fourth-order valence-electron chi connectivity index (χ4n) is 4.53. The summed E-state index contributed by atoms with van der Waals surface area (Å²) in [6.07, 6.45) is 3.71. The van der Waals surface area contributed by atoms with Gasteiger partial charge in [0, 0.05) is 18.1 Å². The Morgan fingerprint density at radius 2 is 1.06 bits per heavy atom. The average Bonchev–Trinajstić information content (AvgIpc) is 2.89.